The zero-order chi connectivity index (χ0) is 17.5. The molecule has 1 atom stereocenters. The molecular weight excluding hydrogens is 306 g/mol. The fourth-order valence-corrected chi connectivity index (χ4v) is 2.03. The topological polar surface area (TPSA) is 63.7 Å². The molecule has 2 rings (SSSR count). The summed E-state index contributed by atoms with van der Waals surface area (Å²) in [6.07, 6.45) is 1.05. The van der Waals surface area contributed by atoms with Gasteiger partial charge in [-0.15, -0.1) is 0 Å². The van der Waals surface area contributed by atoms with Crippen LogP contribution in [-0.2, 0) is 16.1 Å². The van der Waals surface area contributed by atoms with Crippen LogP contribution >= 0.6 is 0 Å². The van der Waals surface area contributed by atoms with Gasteiger partial charge in [0.25, 0.3) is 5.91 Å². The van der Waals surface area contributed by atoms with E-state index < -0.39 is 6.10 Å². The van der Waals surface area contributed by atoms with Gasteiger partial charge in [0.1, 0.15) is 17.7 Å². The Morgan fingerprint density at radius 3 is 2.71 bits per heavy atom. The first-order chi connectivity index (χ1) is 11.5. The van der Waals surface area contributed by atoms with Gasteiger partial charge in [0.15, 0.2) is 0 Å². The van der Waals surface area contributed by atoms with E-state index in [-0.39, 0.29) is 5.91 Å². The lowest BCUT2D eigenvalue weighted by Crippen LogP contribution is -2.27. The van der Waals surface area contributed by atoms with Crippen molar-refractivity contribution in [1.82, 2.24) is 4.98 Å². The molecule has 1 N–H and O–H groups in total. The number of ether oxygens (including phenoxy) is 2. The Kier molecular flexibility index (Phi) is 6.14. The number of pyridine rings is 1. The molecule has 0 fully saturated rings. The molecule has 1 aromatic heterocycles. The van der Waals surface area contributed by atoms with Crippen molar-refractivity contribution in [2.24, 2.45) is 0 Å². The first kappa shape index (κ1) is 17.7. The third kappa shape index (κ3) is 4.96. The maximum atomic E-state index is 12.2. The quantitative estimate of drug-likeness (QED) is 0.846. The van der Waals surface area contributed by atoms with E-state index in [0.717, 1.165) is 17.1 Å². The number of carbonyl (C=O) groups excluding carboxylic acids is 1. The molecule has 0 unspecified atom stereocenters. The Morgan fingerprint density at radius 2 is 2.08 bits per heavy atom. The molecular formula is C18H23N3O3. The molecule has 0 aliphatic heterocycles. The lowest BCUT2D eigenvalue weighted by molar-refractivity contribution is -0.127. The summed E-state index contributed by atoms with van der Waals surface area (Å²) in [6, 6.07) is 11.2. The molecule has 6 heteroatoms. The van der Waals surface area contributed by atoms with Crippen LogP contribution in [0.3, 0.4) is 0 Å². The molecule has 0 aliphatic carbocycles. The van der Waals surface area contributed by atoms with E-state index in [1.54, 1.807) is 20.2 Å². The second-order valence-corrected chi connectivity index (χ2v) is 5.59. The first-order valence-corrected chi connectivity index (χ1v) is 7.68. The lowest BCUT2D eigenvalue weighted by Gasteiger charge is -2.15. The van der Waals surface area contributed by atoms with Gasteiger partial charge in [0.2, 0.25) is 0 Å². The largest absolute Gasteiger partial charge is 0.497 e. The van der Waals surface area contributed by atoms with Gasteiger partial charge in [-0.25, -0.2) is 4.98 Å². The number of rotatable bonds is 7. The second kappa shape index (κ2) is 8.31. The number of amides is 1. The van der Waals surface area contributed by atoms with Crippen LogP contribution in [0.4, 0.5) is 11.5 Å². The molecule has 0 radical (unpaired) electrons. The third-order valence-corrected chi connectivity index (χ3v) is 3.48. The summed E-state index contributed by atoms with van der Waals surface area (Å²) in [5.41, 5.74) is 1.59. The van der Waals surface area contributed by atoms with Crippen LogP contribution in [0, 0.1) is 0 Å². The number of carbonyl (C=O) groups is 1. The summed E-state index contributed by atoms with van der Waals surface area (Å²) in [4.78, 5) is 18.3. The van der Waals surface area contributed by atoms with E-state index in [0.29, 0.717) is 12.3 Å². The molecule has 0 spiro atoms. The van der Waals surface area contributed by atoms with Crippen molar-refractivity contribution < 1.29 is 14.3 Å². The number of nitrogens with one attached hydrogen (secondary N) is 1. The molecule has 1 amide bonds. The normalized spacial score (nSPS) is 11.7. The highest BCUT2D eigenvalue weighted by Crippen LogP contribution is 2.15. The monoisotopic (exact) mass is 329 g/mol. The van der Waals surface area contributed by atoms with Crippen LogP contribution in [0.2, 0.25) is 0 Å². The highest BCUT2D eigenvalue weighted by Gasteiger charge is 2.14. The van der Waals surface area contributed by atoms with Crippen LogP contribution in [0.1, 0.15) is 12.5 Å². The number of aromatic nitrogens is 1. The van der Waals surface area contributed by atoms with Crippen LogP contribution in [-0.4, -0.2) is 38.2 Å². The maximum absolute atomic E-state index is 12.2. The molecule has 0 aliphatic rings. The molecule has 1 aromatic carbocycles. The van der Waals surface area contributed by atoms with Crippen molar-refractivity contribution >= 4 is 17.4 Å². The Bertz CT molecular complexity index is 671. The van der Waals surface area contributed by atoms with Crippen LogP contribution in [0.25, 0.3) is 0 Å². The zero-order valence-corrected chi connectivity index (χ0v) is 14.4. The summed E-state index contributed by atoms with van der Waals surface area (Å²) in [5, 5.41) is 2.80. The number of nitrogens with zero attached hydrogens (tertiary/aromatic N) is 2. The van der Waals surface area contributed by atoms with Gasteiger partial charge in [-0.2, -0.15) is 0 Å². The van der Waals surface area contributed by atoms with E-state index in [4.69, 9.17) is 9.47 Å². The van der Waals surface area contributed by atoms with E-state index in [1.165, 1.54) is 0 Å². The molecule has 6 nitrogen and oxygen atoms in total. The van der Waals surface area contributed by atoms with Crippen molar-refractivity contribution in [3.8, 4) is 5.75 Å². The van der Waals surface area contributed by atoms with E-state index in [1.807, 2.05) is 55.4 Å². The van der Waals surface area contributed by atoms with Crippen molar-refractivity contribution in [1.29, 1.82) is 0 Å². The lowest BCUT2D eigenvalue weighted by atomic mass is 10.2. The SMILES string of the molecule is COc1cccc(CO[C@@H](C)C(=O)Nc2ccc(N(C)C)nc2)c1. The number of hydrogen-bond donors (Lipinski definition) is 1. The van der Waals surface area contributed by atoms with Crippen LogP contribution in [0.5, 0.6) is 5.75 Å². The predicted octanol–water partition coefficient (Wildman–Crippen LogP) is 2.70. The van der Waals surface area contributed by atoms with Gasteiger partial charge in [-0.1, -0.05) is 12.1 Å². The third-order valence-electron chi connectivity index (χ3n) is 3.48. The molecule has 0 saturated carbocycles. The minimum Gasteiger partial charge on any atom is -0.497 e. The van der Waals surface area contributed by atoms with Crippen molar-refractivity contribution in [2.45, 2.75) is 19.6 Å². The minimum atomic E-state index is -0.579. The Balaban J connectivity index is 1.87. The smallest absolute Gasteiger partial charge is 0.253 e. The standard InChI is InChI=1S/C18H23N3O3/c1-13(24-12-14-6-5-7-16(10-14)23-4)18(22)20-15-8-9-17(19-11-15)21(2)3/h5-11,13H,12H2,1-4H3,(H,20,22)/t13-/m0/s1. The second-order valence-electron chi connectivity index (χ2n) is 5.59. The highest BCUT2D eigenvalue weighted by atomic mass is 16.5. The summed E-state index contributed by atoms with van der Waals surface area (Å²) in [5.74, 6) is 1.38. The van der Waals surface area contributed by atoms with Crippen LogP contribution < -0.4 is 15.0 Å². The molecule has 0 saturated heterocycles. The number of methoxy groups -OCH3 is 1. The van der Waals surface area contributed by atoms with Gasteiger partial charge >= 0.3 is 0 Å². The summed E-state index contributed by atoms with van der Waals surface area (Å²) in [7, 11) is 5.44. The Hall–Kier alpha value is -2.60. The Morgan fingerprint density at radius 1 is 1.29 bits per heavy atom. The molecule has 128 valence electrons. The van der Waals surface area contributed by atoms with Crippen molar-refractivity contribution in [3.63, 3.8) is 0 Å². The van der Waals surface area contributed by atoms with Crippen LogP contribution in [0.15, 0.2) is 42.6 Å². The number of hydrogen-bond acceptors (Lipinski definition) is 5. The fourth-order valence-electron chi connectivity index (χ4n) is 2.03. The Labute approximate surface area is 142 Å². The fraction of sp³-hybridized carbons (Fsp3) is 0.333. The predicted molar refractivity (Wildman–Crippen MR) is 94.4 cm³/mol. The average Bonchev–Trinajstić information content (AvgIpc) is 2.60. The van der Waals surface area contributed by atoms with E-state index >= 15 is 0 Å². The minimum absolute atomic E-state index is 0.211. The van der Waals surface area contributed by atoms with E-state index in [2.05, 4.69) is 10.3 Å². The van der Waals surface area contributed by atoms with Gasteiger partial charge in [-0.3, -0.25) is 4.79 Å². The number of benzene rings is 1. The van der Waals surface area contributed by atoms with Gasteiger partial charge in [-0.05, 0) is 36.8 Å². The maximum Gasteiger partial charge on any atom is 0.253 e. The number of anilines is 2. The van der Waals surface area contributed by atoms with Gasteiger partial charge in [0.05, 0.1) is 25.6 Å². The summed E-state index contributed by atoms with van der Waals surface area (Å²) in [6.45, 7) is 2.06. The van der Waals surface area contributed by atoms with Gasteiger partial charge in [0, 0.05) is 14.1 Å². The average molecular weight is 329 g/mol. The van der Waals surface area contributed by atoms with E-state index in [9.17, 15) is 4.79 Å². The first-order valence-electron chi connectivity index (χ1n) is 7.68. The summed E-state index contributed by atoms with van der Waals surface area (Å²) < 4.78 is 10.8. The molecule has 0 bridgehead atoms. The van der Waals surface area contributed by atoms with Gasteiger partial charge < -0.3 is 19.7 Å². The van der Waals surface area contributed by atoms with Crippen molar-refractivity contribution in [3.05, 3.63) is 48.2 Å². The summed E-state index contributed by atoms with van der Waals surface area (Å²) >= 11 is 0. The highest BCUT2D eigenvalue weighted by molar-refractivity contribution is 5.93. The molecule has 24 heavy (non-hydrogen) atoms. The molecule has 1 heterocycles. The van der Waals surface area contributed by atoms with Crippen molar-refractivity contribution in [2.75, 3.05) is 31.4 Å². The zero-order valence-electron chi connectivity index (χ0n) is 14.4. The molecule has 2 aromatic rings.